The van der Waals surface area contributed by atoms with Crippen LogP contribution >= 0.6 is 0 Å². The molecule has 2 aliphatic rings. The van der Waals surface area contributed by atoms with Gasteiger partial charge in [-0.05, 0) is 44.2 Å². The van der Waals surface area contributed by atoms with E-state index in [2.05, 4.69) is 15.3 Å². The van der Waals surface area contributed by atoms with Crippen molar-refractivity contribution in [3.63, 3.8) is 0 Å². The third-order valence-corrected chi connectivity index (χ3v) is 4.98. The molecule has 1 saturated carbocycles. The van der Waals surface area contributed by atoms with Crippen LogP contribution in [-0.2, 0) is 11.3 Å². The number of nitrogens with one attached hydrogen (secondary N) is 1. The molecule has 1 aromatic rings. The van der Waals surface area contributed by atoms with Gasteiger partial charge in [0.15, 0.2) is 0 Å². The Morgan fingerprint density at radius 1 is 1.18 bits per heavy atom. The SMILES string of the molecule is O=C(Cn1cccn1)N[C@@H]1CCCN(CC2CCCCC2)C1. The fourth-order valence-corrected chi connectivity index (χ4v) is 3.89. The van der Waals surface area contributed by atoms with Crippen molar-refractivity contribution in [2.45, 2.75) is 57.5 Å². The molecule has 0 bridgehead atoms. The Hall–Kier alpha value is -1.36. The van der Waals surface area contributed by atoms with Gasteiger partial charge in [0.25, 0.3) is 0 Å². The number of aromatic nitrogens is 2. The fraction of sp³-hybridized carbons (Fsp3) is 0.765. The van der Waals surface area contributed by atoms with E-state index in [1.165, 1.54) is 51.6 Å². The van der Waals surface area contributed by atoms with E-state index in [0.717, 1.165) is 18.9 Å². The van der Waals surface area contributed by atoms with Gasteiger partial charge in [0.1, 0.15) is 6.54 Å². The Labute approximate surface area is 133 Å². The van der Waals surface area contributed by atoms with E-state index in [4.69, 9.17) is 0 Å². The number of hydrogen-bond acceptors (Lipinski definition) is 3. The second-order valence-corrected chi connectivity index (χ2v) is 6.87. The van der Waals surface area contributed by atoms with Crippen LogP contribution in [0.4, 0.5) is 0 Å². The summed E-state index contributed by atoms with van der Waals surface area (Å²) in [5.41, 5.74) is 0. The van der Waals surface area contributed by atoms with E-state index in [-0.39, 0.29) is 5.91 Å². The molecule has 1 amide bonds. The Bertz CT molecular complexity index is 453. The lowest BCUT2D eigenvalue weighted by Crippen LogP contribution is -2.49. The van der Waals surface area contributed by atoms with Gasteiger partial charge in [0.2, 0.25) is 5.91 Å². The molecule has 2 heterocycles. The van der Waals surface area contributed by atoms with Gasteiger partial charge in [-0.15, -0.1) is 0 Å². The van der Waals surface area contributed by atoms with Gasteiger partial charge in [-0.1, -0.05) is 19.3 Å². The summed E-state index contributed by atoms with van der Waals surface area (Å²) in [6, 6.07) is 2.15. The lowest BCUT2D eigenvalue weighted by atomic mass is 9.88. The minimum Gasteiger partial charge on any atom is -0.350 e. The maximum absolute atomic E-state index is 12.1. The largest absolute Gasteiger partial charge is 0.350 e. The Morgan fingerprint density at radius 2 is 2.05 bits per heavy atom. The van der Waals surface area contributed by atoms with Gasteiger partial charge in [0, 0.05) is 31.5 Å². The monoisotopic (exact) mass is 304 g/mol. The van der Waals surface area contributed by atoms with Crippen molar-refractivity contribution in [1.29, 1.82) is 0 Å². The molecular weight excluding hydrogens is 276 g/mol. The van der Waals surface area contributed by atoms with Crippen LogP contribution in [0, 0.1) is 5.92 Å². The van der Waals surface area contributed by atoms with E-state index < -0.39 is 0 Å². The summed E-state index contributed by atoms with van der Waals surface area (Å²) >= 11 is 0. The van der Waals surface area contributed by atoms with E-state index in [0.29, 0.717) is 12.6 Å². The summed E-state index contributed by atoms with van der Waals surface area (Å²) in [5.74, 6) is 0.959. The van der Waals surface area contributed by atoms with Crippen LogP contribution in [0.2, 0.25) is 0 Å². The highest BCUT2D eigenvalue weighted by atomic mass is 16.2. The number of hydrogen-bond donors (Lipinski definition) is 1. The normalized spacial score (nSPS) is 24.3. The zero-order valence-electron chi connectivity index (χ0n) is 13.4. The molecule has 3 rings (SSSR count). The standard InChI is InChI=1S/C17H28N4O/c22-17(14-21-11-5-9-18-21)19-16-8-4-10-20(13-16)12-15-6-2-1-3-7-15/h5,9,11,15-16H,1-4,6-8,10,12-14H2,(H,19,22)/t16-/m1/s1. The zero-order chi connectivity index (χ0) is 15.2. The molecule has 1 atom stereocenters. The molecule has 22 heavy (non-hydrogen) atoms. The molecule has 1 saturated heterocycles. The molecule has 1 aliphatic carbocycles. The van der Waals surface area contributed by atoms with E-state index in [9.17, 15) is 4.79 Å². The van der Waals surface area contributed by atoms with Crippen LogP contribution in [0.1, 0.15) is 44.9 Å². The quantitative estimate of drug-likeness (QED) is 0.906. The highest BCUT2D eigenvalue weighted by molar-refractivity contribution is 5.75. The van der Waals surface area contributed by atoms with E-state index in [1.807, 2.05) is 12.3 Å². The minimum absolute atomic E-state index is 0.0771. The molecule has 0 radical (unpaired) electrons. The summed E-state index contributed by atoms with van der Waals surface area (Å²) < 4.78 is 1.68. The van der Waals surface area contributed by atoms with Crippen molar-refractivity contribution < 1.29 is 4.79 Å². The lowest BCUT2D eigenvalue weighted by molar-refractivity contribution is -0.122. The molecule has 5 heteroatoms. The number of amides is 1. The predicted octanol–water partition coefficient (Wildman–Crippen LogP) is 2.04. The number of carbonyl (C=O) groups is 1. The predicted molar refractivity (Wildman–Crippen MR) is 86.4 cm³/mol. The molecule has 122 valence electrons. The van der Waals surface area contributed by atoms with Crippen LogP contribution in [0.5, 0.6) is 0 Å². The number of nitrogens with zero attached hydrogens (tertiary/aromatic N) is 3. The van der Waals surface area contributed by atoms with Crippen LogP contribution in [0.3, 0.4) is 0 Å². The molecular formula is C17H28N4O. The van der Waals surface area contributed by atoms with Gasteiger partial charge in [-0.2, -0.15) is 5.10 Å². The first-order valence-corrected chi connectivity index (χ1v) is 8.79. The second-order valence-electron chi connectivity index (χ2n) is 6.87. The highest BCUT2D eigenvalue weighted by Crippen LogP contribution is 2.25. The summed E-state index contributed by atoms with van der Waals surface area (Å²) in [6.45, 7) is 3.76. The second kappa shape index (κ2) is 7.77. The number of carbonyl (C=O) groups excluding carboxylic acids is 1. The van der Waals surface area contributed by atoms with E-state index >= 15 is 0 Å². The summed E-state index contributed by atoms with van der Waals surface area (Å²) in [6.07, 6.45) is 12.9. The van der Waals surface area contributed by atoms with E-state index in [1.54, 1.807) is 10.9 Å². The van der Waals surface area contributed by atoms with Crippen molar-refractivity contribution in [2.24, 2.45) is 5.92 Å². The number of rotatable bonds is 5. The molecule has 0 spiro atoms. The molecule has 1 aromatic heterocycles. The Kier molecular flexibility index (Phi) is 5.48. The van der Waals surface area contributed by atoms with Gasteiger partial charge < -0.3 is 10.2 Å². The maximum Gasteiger partial charge on any atom is 0.241 e. The number of likely N-dealkylation sites (tertiary alicyclic amines) is 1. The molecule has 1 aliphatic heterocycles. The van der Waals surface area contributed by atoms with Gasteiger partial charge in [0.05, 0.1) is 0 Å². The minimum atomic E-state index is 0.0771. The van der Waals surface area contributed by atoms with Gasteiger partial charge >= 0.3 is 0 Å². The fourth-order valence-electron chi connectivity index (χ4n) is 3.89. The lowest BCUT2D eigenvalue weighted by Gasteiger charge is -2.36. The smallest absolute Gasteiger partial charge is 0.241 e. The molecule has 1 N–H and O–H groups in total. The van der Waals surface area contributed by atoms with Crippen LogP contribution in [0.25, 0.3) is 0 Å². The van der Waals surface area contributed by atoms with Crippen molar-refractivity contribution >= 4 is 5.91 Å². The summed E-state index contributed by atoms with van der Waals surface area (Å²) in [4.78, 5) is 14.7. The van der Waals surface area contributed by atoms with Crippen molar-refractivity contribution in [2.75, 3.05) is 19.6 Å². The molecule has 0 aromatic carbocycles. The average Bonchev–Trinajstić information content (AvgIpc) is 3.01. The Balaban J connectivity index is 1.42. The molecule has 2 fully saturated rings. The van der Waals surface area contributed by atoms with Crippen LogP contribution in [0.15, 0.2) is 18.5 Å². The first-order valence-electron chi connectivity index (χ1n) is 8.79. The first kappa shape index (κ1) is 15.5. The Morgan fingerprint density at radius 3 is 2.82 bits per heavy atom. The average molecular weight is 304 g/mol. The van der Waals surface area contributed by atoms with Crippen molar-refractivity contribution in [3.8, 4) is 0 Å². The van der Waals surface area contributed by atoms with Crippen LogP contribution < -0.4 is 5.32 Å². The molecule has 0 unspecified atom stereocenters. The zero-order valence-corrected chi connectivity index (χ0v) is 13.4. The maximum atomic E-state index is 12.1. The van der Waals surface area contributed by atoms with Crippen molar-refractivity contribution in [1.82, 2.24) is 20.0 Å². The topological polar surface area (TPSA) is 50.2 Å². The third-order valence-electron chi connectivity index (χ3n) is 4.98. The summed E-state index contributed by atoms with van der Waals surface area (Å²) in [5, 5.41) is 7.27. The molecule has 5 nitrogen and oxygen atoms in total. The summed E-state index contributed by atoms with van der Waals surface area (Å²) in [7, 11) is 0. The highest BCUT2D eigenvalue weighted by Gasteiger charge is 2.24. The third kappa shape index (κ3) is 4.57. The number of piperidine rings is 1. The first-order chi connectivity index (χ1) is 10.8. The van der Waals surface area contributed by atoms with Gasteiger partial charge in [-0.3, -0.25) is 9.48 Å². The van der Waals surface area contributed by atoms with Crippen LogP contribution in [-0.4, -0.2) is 46.3 Å². The van der Waals surface area contributed by atoms with Gasteiger partial charge in [-0.25, -0.2) is 0 Å². The van der Waals surface area contributed by atoms with Crippen molar-refractivity contribution in [3.05, 3.63) is 18.5 Å².